The molecule has 1 amide bonds. The van der Waals surface area contributed by atoms with E-state index in [0.29, 0.717) is 24.1 Å². The topological polar surface area (TPSA) is 120 Å². The van der Waals surface area contributed by atoms with Crippen molar-refractivity contribution in [3.63, 3.8) is 0 Å². The number of hydrogen-bond donors (Lipinski definition) is 2. The first kappa shape index (κ1) is 30.8. The first-order chi connectivity index (χ1) is 20.4. The predicted octanol–water partition coefficient (Wildman–Crippen LogP) is 6.46. The van der Waals surface area contributed by atoms with Crippen molar-refractivity contribution in [2.24, 2.45) is 11.8 Å². The zero-order valence-electron chi connectivity index (χ0n) is 25.9. The van der Waals surface area contributed by atoms with Gasteiger partial charge in [0.05, 0.1) is 24.3 Å². The van der Waals surface area contributed by atoms with Crippen LogP contribution in [-0.2, 0) is 20.2 Å². The quantitative estimate of drug-likeness (QED) is 0.350. The lowest BCUT2D eigenvalue weighted by Crippen LogP contribution is -2.47. The van der Waals surface area contributed by atoms with Crippen molar-refractivity contribution in [2.75, 3.05) is 18.4 Å². The monoisotopic (exact) mass is 606 g/mol. The highest BCUT2D eigenvalue weighted by molar-refractivity contribution is 7.92. The maximum Gasteiger partial charge on any atom is 0.407 e. The second-order valence-electron chi connectivity index (χ2n) is 12.4. The van der Waals surface area contributed by atoms with Crippen LogP contribution < -0.4 is 14.8 Å². The number of hydrogen-bond acceptors (Lipinski definition) is 7. The third-order valence-corrected chi connectivity index (χ3v) is 10.4. The van der Waals surface area contributed by atoms with Gasteiger partial charge in [-0.1, -0.05) is 44.2 Å². The number of rotatable bonds is 4. The Morgan fingerprint density at radius 3 is 2.42 bits per heavy atom. The molecule has 43 heavy (non-hydrogen) atoms. The van der Waals surface area contributed by atoms with Crippen LogP contribution in [0, 0.1) is 32.6 Å². The molecule has 0 saturated heterocycles. The molecule has 2 aromatic carbocycles. The maximum absolute atomic E-state index is 13.8. The van der Waals surface area contributed by atoms with Gasteiger partial charge < -0.3 is 14.8 Å². The van der Waals surface area contributed by atoms with Crippen LogP contribution in [0.2, 0.25) is 0 Å². The molecule has 1 aliphatic heterocycles. The van der Waals surface area contributed by atoms with Crippen molar-refractivity contribution in [1.29, 1.82) is 0 Å². The van der Waals surface area contributed by atoms with Gasteiger partial charge in [0, 0.05) is 28.5 Å². The van der Waals surface area contributed by atoms with Crippen molar-refractivity contribution < 1.29 is 22.7 Å². The number of aromatic nitrogens is 2. The Morgan fingerprint density at radius 1 is 1.09 bits per heavy atom. The van der Waals surface area contributed by atoms with Gasteiger partial charge in [0.1, 0.15) is 0 Å². The van der Waals surface area contributed by atoms with E-state index < -0.39 is 16.1 Å². The summed E-state index contributed by atoms with van der Waals surface area (Å²) in [4.78, 5) is 21.5. The smallest absolute Gasteiger partial charge is 0.407 e. The fourth-order valence-electron chi connectivity index (χ4n) is 6.90. The number of benzene rings is 2. The minimum atomic E-state index is -4.01. The maximum atomic E-state index is 13.8. The zero-order chi connectivity index (χ0) is 30.9. The summed E-state index contributed by atoms with van der Waals surface area (Å²) < 4.78 is 41.7. The molecule has 1 atom stereocenters. The normalized spacial score (nSPS) is 23.0. The Morgan fingerprint density at radius 2 is 1.77 bits per heavy atom. The number of alkyl carbamates (subject to hydrolysis) is 1. The molecule has 4 bridgehead atoms. The Balaban J connectivity index is 1.65. The highest BCUT2D eigenvalue weighted by Crippen LogP contribution is 2.48. The van der Waals surface area contributed by atoms with Crippen LogP contribution in [0.4, 0.5) is 10.7 Å². The molecule has 2 N–H and O–H groups in total. The molecule has 0 radical (unpaired) electrons. The Bertz CT molecular complexity index is 1590. The van der Waals surface area contributed by atoms with Gasteiger partial charge in [-0.25, -0.2) is 22.9 Å². The Labute approximate surface area is 254 Å². The third-order valence-electron chi connectivity index (χ3n) is 9.11. The van der Waals surface area contributed by atoms with Gasteiger partial charge >= 0.3 is 6.09 Å². The van der Waals surface area contributed by atoms with Crippen molar-refractivity contribution in [3.05, 3.63) is 64.7 Å². The number of carbonyl (C=O) groups excluding carboxylic acids is 1. The summed E-state index contributed by atoms with van der Waals surface area (Å²) in [7, 11) is -2.64. The van der Waals surface area contributed by atoms with Crippen molar-refractivity contribution in [3.8, 4) is 17.1 Å². The van der Waals surface area contributed by atoms with Crippen LogP contribution >= 0.6 is 0 Å². The van der Waals surface area contributed by atoms with Crippen molar-refractivity contribution in [2.45, 2.75) is 83.1 Å². The zero-order valence-corrected chi connectivity index (χ0v) is 26.7. The molecular formula is C33H42N4O5S. The van der Waals surface area contributed by atoms with Gasteiger partial charge in [0.15, 0.2) is 0 Å². The number of anilines is 1. The second-order valence-corrected chi connectivity index (χ2v) is 14.1. The van der Waals surface area contributed by atoms with E-state index in [-0.39, 0.29) is 28.2 Å². The fourth-order valence-corrected chi connectivity index (χ4v) is 7.89. The highest BCUT2D eigenvalue weighted by Gasteiger charge is 2.45. The van der Waals surface area contributed by atoms with Crippen LogP contribution in [0.1, 0.15) is 68.2 Å². The van der Waals surface area contributed by atoms with Gasteiger partial charge in [-0.3, -0.25) is 0 Å². The number of sulfonamides is 1. The van der Waals surface area contributed by atoms with Crippen LogP contribution in [-0.4, -0.2) is 44.2 Å². The SMILES string of the molecule is COC(=O)N[C@H]1CC[C@]2(CC1)c1cccc(c1)S(=O)(=O)Nc1nc(c(C)c(-c3c(C)cccc3C)n1)OC[C@H]2CC(C)C. The lowest BCUT2D eigenvalue weighted by molar-refractivity contribution is 0.0935. The lowest BCUT2D eigenvalue weighted by Gasteiger charge is -2.47. The van der Waals surface area contributed by atoms with Crippen LogP contribution in [0.5, 0.6) is 5.88 Å². The number of carbonyl (C=O) groups is 1. The number of aryl methyl sites for hydroxylation is 2. The average molecular weight is 607 g/mol. The van der Waals surface area contributed by atoms with Crippen molar-refractivity contribution in [1.82, 2.24) is 15.3 Å². The number of nitrogens with zero attached hydrogens (tertiary/aromatic N) is 2. The second kappa shape index (κ2) is 12.1. The first-order valence-corrected chi connectivity index (χ1v) is 16.5. The molecule has 10 heteroatoms. The third kappa shape index (κ3) is 6.20. The summed E-state index contributed by atoms with van der Waals surface area (Å²) in [6, 6.07) is 13.3. The summed E-state index contributed by atoms with van der Waals surface area (Å²) in [6.07, 6.45) is 3.46. The standard InChI is InChI=1S/C33H42N4O5S/c1-20(2)17-25-19-42-30-23(5)29(28-21(3)9-7-10-22(28)4)35-31(36-30)37-43(39,40)27-12-8-11-24(18-27)33(25)15-13-26(14-16-33)34-32(38)41-6/h7-12,18,20,25-26H,13-17,19H2,1-6H3,(H,34,38)(H,35,36,37)/t25-,26-,33-/m1/s1. The van der Waals surface area contributed by atoms with Gasteiger partial charge in [-0.15, -0.1) is 0 Å². The molecule has 230 valence electrons. The van der Waals surface area contributed by atoms with E-state index in [4.69, 9.17) is 14.5 Å². The number of ether oxygens (including phenoxy) is 2. The van der Waals surface area contributed by atoms with Crippen LogP contribution in [0.3, 0.4) is 0 Å². The number of fused-ring (bicyclic) bond motifs is 5. The fraction of sp³-hybridized carbons (Fsp3) is 0.485. The molecule has 1 fully saturated rings. The van der Waals surface area contributed by atoms with Gasteiger partial charge in [-0.05, 0) is 87.6 Å². The van der Waals surface area contributed by atoms with E-state index in [2.05, 4.69) is 28.9 Å². The summed E-state index contributed by atoms with van der Waals surface area (Å²) in [5.74, 6) is 0.803. The molecule has 0 unspecified atom stereocenters. The van der Waals surface area contributed by atoms with Crippen molar-refractivity contribution >= 4 is 22.1 Å². The van der Waals surface area contributed by atoms with E-state index >= 15 is 0 Å². The van der Waals surface area contributed by atoms with Gasteiger partial charge in [0.2, 0.25) is 11.8 Å². The largest absolute Gasteiger partial charge is 0.477 e. The summed E-state index contributed by atoms with van der Waals surface area (Å²) >= 11 is 0. The summed E-state index contributed by atoms with van der Waals surface area (Å²) in [5, 5.41) is 2.96. The first-order valence-electron chi connectivity index (χ1n) is 15.0. The molecule has 1 spiro atoms. The van der Waals surface area contributed by atoms with Crippen LogP contribution in [0.15, 0.2) is 47.4 Å². The minimum absolute atomic E-state index is 0.0137. The van der Waals surface area contributed by atoms with E-state index in [1.165, 1.54) is 7.11 Å². The molecule has 5 rings (SSSR count). The minimum Gasteiger partial charge on any atom is -0.477 e. The van der Waals surface area contributed by atoms with E-state index in [0.717, 1.165) is 59.9 Å². The Kier molecular flexibility index (Phi) is 8.70. The van der Waals surface area contributed by atoms with Gasteiger partial charge in [0.25, 0.3) is 10.0 Å². The van der Waals surface area contributed by atoms with E-state index in [1.807, 2.05) is 51.1 Å². The Hall–Kier alpha value is -3.66. The number of amides is 1. The highest BCUT2D eigenvalue weighted by atomic mass is 32.2. The summed E-state index contributed by atoms with van der Waals surface area (Å²) in [5.41, 5.74) is 5.02. The van der Waals surface area contributed by atoms with E-state index in [1.54, 1.807) is 12.1 Å². The molecule has 1 aromatic heterocycles. The predicted molar refractivity (Wildman–Crippen MR) is 167 cm³/mol. The van der Waals surface area contributed by atoms with E-state index in [9.17, 15) is 13.2 Å². The lowest BCUT2D eigenvalue weighted by atomic mass is 9.60. The molecule has 1 aliphatic carbocycles. The number of nitrogens with one attached hydrogen (secondary N) is 2. The molecule has 2 heterocycles. The number of methoxy groups -OCH3 is 1. The molecule has 2 aliphatic rings. The average Bonchev–Trinajstić information content (AvgIpc) is 2.96. The molecule has 3 aromatic rings. The molecule has 9 nitrogen and oxygen atoms in total. The van der Waals surface area contributed by atoms with Gasteiger partial charge in [-0.2, -0.15) is 4.98 Å². The van der Waals surface area contributed by atoms with Crippen LogP contribution in [0.25, 0.3) is 11.3 Å². The molecule has 1 saturated carbocycles. The molecular weight excluding hydrogens is 564 g/mol. The summed E-state index contributed by atoms with van der Waals surface area (Å²) in [6.45, 7) is 10.8.